The van der Waals surface area contributed by atoms with Crippen LogP contribution in [0.4, 0.5) is 11.4 Å². The summed E-state index contributed by atoms with van der Waals surface area (Å²) in [5, 5.41) is 2.88. The van der Waals surface area contributed by atoms with Crippen LogP contribution in [0.5, 0.6) is 5.75 Å². The molecule has 4 nitrogen and oxygen atoms in total. The third-order valence-corrected chi connectivity index (χ3v) is 4.96. The zero-order chi connectivity index (χ0) is 14.8. The SMILES string of the molecule is COc1ccc(NC(=O)c2cc3c(s2)CCCC3)c(N)c1. The van der Waals surface area contributed by atoms with Gasteiger partial charge in [-0.3, -0.25) is 4.79 Å². The summed E-state index contributed by atoms with van der Waals surface area (Å²) in [4.78, 5) is 14.5. The summed E-state index contributed by atoms with van der Waals surface area (Å²) in [6, 6.07) is 7.27. The largest absolute Gasteiger partial charge is 0.497 e. The average molecular weight is 302 g/mol. The predicted octanol–water partition coefficient (Wildman–Crippen LogP) is 3.47. The van der Waals surface area contributed by atoms with Crippen LogP contribution < -0.4 is 15.8 Å². The van der Waals surface area contributed by atoms with Crippen molar-refractivity contribution in [3.05, 3.63) is 39.6 Å². The Bertz CT molecular complexity index is 655. The molecule has 1 aromatic heterocycles. The quantitative estimate of drug-likeness (QED) is 0.853. The van der Waals surface area contributed by atoms with Gasteiger partial charge in [0, 0.05) is 10.9 Å². The van der Waals surface area contributed by atoms with Crippen molar-refractivity contribution in [3.63, 3.8) is 0 Å². The van der Waals surface area contributed by atoms with Crippen molar-refractivity contribution in [2.75, 3.05) is 18.2 Å². The Morgan fingerprint density at radius 3 is 2.81 bits per heavy atom. The van der Waals surface area contributed by atoms with Gasteiger partial charge < -0.3 is 15.8 Å². The Labute approximate surface area is 127 Å². The molecular weight excluding hydrogens is 284 g/mol. The van der Waals surface area contributed by atoms with Crippen LogP contribution in [0.3, 0.4) is 0 Å². The van der Waals surface area contributed by atoms with Crippen LogP contribution >= 0.6 is 11.3 Å². The molecular formula is C16H18N2O2S. The molecule has 1 heterocycles. The summed E-state index contributed by atoms with van der Waals surface area (Å²) in [7, 11) is 1.59. The molecule has 0 atom stereocenters. The zero-order valence-electron chi connectivity index (χ0n) is 11.9. The molecule has 0 aliphatic heterocycles. The lowest BCUT2D eigenvalue weighted by Crippen LogP contribution is -2.11. The van der Waals surface area contributed by atoms with E-state index in [0.717, 1.165) is 17.7 Å². The number of hydrogen-bond donors (Lipinski definition) is 2. The lowest BCUT2D eigenvalue weighted by molar-refractivity contribution is 0.103. The van der Waals surface area contributed by atoms with Gasteiger partial charge in [-0.2, -0.15) is 0 Å². The van der Waals surface area contributed by atoms with Crippen LogP contribution in [0, 0.1) is 0 Å². The van der Waals surface area contributed by atoms with Gasteiger partial charge in [0.05, 0.1) is 23.4 Å². The molecule has 0 unspecified atom stereocenters. The monoisotopic (exact) mass is 302 g/mol. The summed E-state index contributed by atoms with van der Waals surface area (Å²) in [5.41, 5.74) is 8.38. The molecule has 2 aromatic rings. The fourth-order valence-corrected chi connectivity index (χ4v) is 3.72. The number of carbonyl (C=O) groups excluding carboxylic acids is 1. The highest BCUT2D eigenvalue weighted by molar-refractivity contribution is 7.14. The van der Waals surface area contributed by atoms with E-state index in [1.54, 1.807) is 36.6 Å². The third-order valence-electron chi connectivity index (χ3n) is 3.73. The Hall–Kier alpha value is -2.01. The molecule has 1 amide bonds. The van der Waals surface area contributed by atoms with Gasteiger partial charge in [0.2, 0.25) is 0 Å². The van der Waals surface area contributed by atoms with Crippen molar-refractivity contribution in [3.8, 4) is 5.75 Å². The van der Waals surface area contributed by atoms with E-state index >= 15 is 0 Å². The number of nitrogen functional groups attached to an aromatic ring is 1. The lowest BCUT2D eigenvalue weighted by atomic mass is 9.99. The molecule has 3 N–H and O–H groups in total. The molecule has 1 aliphatic carbocycles. The highest BCUT2D eigenvalue weighted by atomic mass is 32.1. The van der Waals surface area contributed by atoms with E-state index < -0.39 is 0 Å². The van der Waals surface area contributed by atoms with E-state index in [4.69, 9.17) is 10.5 Å². The predicted molar refractivity (Wildman–Crippen MR) is 86.3 cm³/mol. The number of nitrogens with two attached hydrogens (primary N) is 1. The van der Waals surface area contributed by atoms with Crippen molar-refractivity contribution >= 4 is 28.6 Å². The normalized spacial score (nSPS) is 13.6. The molecule has 0 saturated carbocycles. The van der Waals surface area contributed by atoms with Crippen LogP contribution in [0.25, 0.3) is 0 Å². The maximum Gasteiger partial charge on any atom is 0.265 e. The Kier molecular flexibility index (Phi) is 3.84. The molecule has 1 aromatic carbocycles. The van der Waals surface area contributed by atoms with Gasteiger partial charge in [-0.05, 0) is 49.4 Å². The van der Waals surface area contributed by atoms with Crippen LogP contribution in [0.1, 0.15) is 33.0 Å². The molecule has 1 aliphatic rings. The number of carbonyl (C=O) groups is 1. The highest BCUT2D eigenvalue weighted by Crippen LogP contribution is 2.31. The van der Waals surface area contributed by atoms with Crippen LogP contribution in [-0.4, -0.2) is 13.0 Å². The number of thiophene rings is 1. The molecule has 0 bridgehead atoms. The number of aryl methyl sites for hydroxylation is 2. The fraction of sp³-hybridized carbons (Fsp3) is 0.312. The first-order valence-corrected chi connectivity index (χ1v) is 7.85. The molecule has 0 saturated heterocycles. The van der Waals surface area contributed by atoms with E-state index in [1.165, 1.54) is 23.3 Å². The van der Waals surface area contributed by atoms with Crippen molar-refractivity contribution in [1.29, 1.82) is 0 Å². The number of benzene rings is 1. The maximum absolute atomic E-state index is 12.4. The average Bonchev–Trinajstić information content (AvgIpc) is 2.93. The van der Waals surface area contributed by atoms with Crippen LogP contribution in [-0.2, 0) is 12.8 Å². The summed E-state index contributed by atoms with van der Waals surface area (Å²) < 4.78 is 5.10. The second-order valence-electron chi connectivity index (χ2n) is 5.17. The van der Waals surface area contributed by atoms with Crippen LogP contribution in [0.15, 0.2) is 24.3 Å². The summed E-state index contributed by atoms with van der Waals surface area (Å²) in [5.74, 6) is 0.586. The Balaban J connectivity index is 1.78. The third kappa shape index (κ3) is 2.88. The maximum atomic E-state index is 12.4. The van der Waals surface area contributed by atoms with E-state index in [-0.39, 0.29) is 5.91 Å². The van der Waals surface area contributed by atoms with Crippen molar-refractivity contribution in [2.24, 2.45) is 0 Å². The van der Waals surface area contributed by atoms with Gasteiger partial charge in [0.15, 0.2) is 0 Å². The van der Waals surface area contributed by atoms with Gasteiger partial charge in [0.1, 0.15) is 5.75 Å². The minimum absolute atomic E-state index is 0.0914. The van der Waals surface area contributed by atoms with E-state index in [1.807, 2.05) is 6.07 Å². The molecule has 0 radical (unpaired) electrons. The van der Waals surface area contributed by atoms with E-state index in [2.05, 4.69) is 5.32 Å². The molecule has 5 heteroatoms. The number of ether oxygens (including phenoxy) is 1. The Morgan fingerprint density at radius 2 is 2.10 bits per heavy atom. The van der Waals surface area contributed by atoms with Crippen molar-refractivity contribution < 1.29 is 9.53 Å². The van der Waals surface area contributed by atoms with Gasteiger partial charge in [-0.1, -0.05) is 0 Å². The summed E-state index contributed by atoms with van der Waals surface area (Å²) in [6.45, 7) is 0. The lowest BCUT2D eigenvalue weighted by Gasteiger charge is -2.08. The first-order valence-electron chi connectivity index (χ1n) is 7.04. The van der Waals surface area contributed by atoms with E-state index in [9.17, 15) is 4.79 Å². The number of rotatable bonds is 3. The second kappa shape index (κ2) is 5.77. The Morgan fingerprint density at radius 1 is 1.29 bits per heavy atom. The van der Waals surface area contributed by atoms with Crippen molar-refractivity contribution in [1.82, 2.24) is 0 Å². The fourth-order valence-electron chi connectivity index (χ4n) is 2.57. The minimum Gasteiger partial charge on any atom is -0.497 e. The van der Waals surface area contributed by atoms with Gasteiger partial charge in [-0.15, -0.1) is 11.3 Å². The number of methoxy groups -OCH3 is 1. The highest BCUT2D eigenvalue weighted by Gasteiger charge is 2.17. The second-order valence-corrected chi connectivity index (χ2v) is 6.31. The first kappa shape index (κ1) is 13.9. The molecule has 21 heavy (non-hydrogen) atoms. The molecule has 0 spiro atoms. The standard InChI is InChI=1S/C16H18N2O2S/c1-20-11-6-7-13(12(17)9-11)18-16(19)15-8-10-4-2-3-5-14(10)21-15/h6-9H,2-5,17H2,1H3,(H,18,19). The topological polar surface area (TPSA) is 64.3 Å². The summed E-state index contributed by atoms with van der Waals surface area (Å²) >= 11 is 1.60. The molecule has 0 fully saturated rings. The molecule has 3 rings (SSSR count). The van der Waals surface area contributed by atoms with Crippen LogP contribution in [0.2, 0.25) is 0 Å². The van der Waals surface area contributed by atoms with Gasteiger partial charge >= 0.3 is 0 Å². The number of hydrogen-bond acceptors (Lipinski definition) is 4. The minimum atomic E-state index is -0.0914. The number of anilines is 2. The number of nitrogens with one attached hydrogen (secondary N) is 1. The number of amides is 1. The van der Waals surface area contributed by atoms with Crippen molar-refractivity contribution in [2.45, 2.75) is 25.7 Å². The first-order chi connectivity index (χ1) is 10.2. The summed E-state index contributed by atoms with van der Waals surface area (Å²) in [6.07, 6.45) is 4.62. The smallest absolute Gasteiger partial charge is 0.265 e. The van der Waals surface area contributed by atoms with Gasteiger partial charge in [0.25, 0.3) is 5.91 Å². The number of fused-ring (bicyclic) bond motifs is 1. The van der Waals surface area contributed by atoms with E-state index in [0.29, 0.717) is 17.1 Å². The van der Waals surface area contributed by atoms with Gasteiger partial charge in [-0.25, -0.2) is 0 Å². The zero-order valence-corrected chi connectivity index (χ0v) is 12.8. The molecule has 110 valence electrons.